The molecule has 1 heterocycles. The second-order valence-corrected chi connectivity index (χ2v) is 4.62. The van der Waals surface area contributed by atoms with Crippen LogP contribution in [-0.2, 0) is 0 Å². The third-order valence-electron chi connectivity index (χ3n) is 2.85. The highest BCUT2D eigenvalue weighted by Crippen LogP contribution is 2.31. The van der Waals surface area contributed by atoms with E-state index in [1.807, 2.05) is 11.9 Å². The Hall–Kier alpha value is -1.39. The highest BCUT2D eigenvalue weighted by molar-refractivity contribution is 5.43. The first-order chi connectivity index (χ1) is 8.20. The minimum absolute atomic E-state index is 0.352. The third-order valence-corrected chi connectivity index (χ3v) is 2.85. The molecule has 1 aromatic rings. The van der Waals surface area contributed by atoms with Gasteiger partial charge < -0.3 is 10.2 Å². The van der Waals surface area contributed by atoms with Crippen LogP contribution in [0.1, 0.15) is 26.2 Å². The van der Waals surface area contributed by atoms with E-state index in [-0.39, 0.29) is 5.82 Å². The molecule has 1 aliphatic carbocycles. The Kier molecular flexibility index (Phi) is 3.76. The van der Waals surface area contributed by atoms with Gasteiger partial charge in [0.1, 0.15) is 0 Å². The van der Waals surface area contributed by atoms with E-state index in [0.717, 1.165) is 19.5 Å². The highest BCUT2D eigenvalue weighted by atomic mass is 19.1. The maximum atomic E-state index is 13.6. The highest BCUT2D eigenvalue weighted by Gasteiger charge is 2.24. The monoisotopic (exact) mass is 238 g/mol. The van der Waals surface area contributed by atoms with Gasteiger partial charge in [-0.2, -0.15) is 4.98 Å². The standard InChI is InChI=1S/C12H19FN4/c1-3-6-14-12-15-7-10(13)11(16-12)17(2)8-9-4-5-9/h7,9H,3-6,8H2,1-2H3,(H,14,15,16). The Balaban J connectivity index is 2.07. The van der Waals surface area contributed by atoms with E-state index in [2.05, 4.69) is 22.2 Å². The molecule has 0 saturated heterocycles. The molecule has 0 bridgehead atoms. The predicted octanol–water partition coefficient (Wildman–Crippen LogP) is 2.28. The van der Waals surface area contributed by atoms with Gasteiger partial charge >= 0.3 is 0 Å². The Morgan fingerprint density at radius 1 is 1.53 bits per heavy atom. The van der Waals surface area contributed by atoms with Crippen molar-refractivity contribution in [3.8, 4) is 0 Å². The molecule has 0 spiro atoms. The molecule has 0 atom stereocenters. The Morgan fingerprint density at radius 3 is 2.94 bits per heavy atom. The molecule has 2 rings (SSSR count). The zero-order valence-corrected chi connectivity index (χ0v) is 10.4. The van der Waals surface area contributed by atoms with Crippen LogP contribution in [0.2, 0.25) is 0 Å². The number of hydrogen-bond donors (Lipinski definition) is 1. The first kappa shape index (κ1) is 12.1. The van der Waals surface area contributed by atoms with Crippen LogP contribution < -0.4 is 10.2 Å². The third kappa shape index (κ3) is 3.28. The van der Waals surface area contributed by atoms with E-state index in [4.69, 9.17) is 0 Å². The first-order valence-corrected chi connectivity index (χ1v) is 6.18. The van der Waals surface area contributed by atoms with E-state index < -0.39 is 0 Å². The normalized spacial score (nSPS) is 14.8. The number of halogens is 1. The minimum Gasteiger partial charge on any atom is -0.357 e. The molecule has 1 fully saturated rings. The van der Waals surface area contributed by atoms with Gasteiger partial charge in [-0.25, -0.2) is 9.37 Å². The van der Waals surface area contributed by atoms with Gasteiger partial charge in [0.15, 0.2) is 11.6 Å². The lowest BCUT2D eigenvalue weighted by Crippen LogP contribution is -2.23. The topological polar surface area (TPSA) is 41.1 Å². The molecule has 0 unspecified atom stereocenters. The lowest BCUT2D eigenvalue weighted by atomic mass is 10.4. The minimum atomic E-state index is -0.352. The van der Waals surface area contributed by atoms with E-state index in [1.54, 1.807) is 0 Å². The number of rotatable bonds is 6. The number of hydrogen-bond acceptors (Lipinski definition) is 4. The fraction of sp³-hybridized carbons (Fsp3) is 0.667. The summed E-state index contributed by atoms with van der Waals surface area (Å²) in [6, 6.07) is 0. The van der Waals surface area contributed by atoms with Crippen molar-refractivity contribution in [1.82, 2.24) is 9.97 Å². The molecule has 0 aliphatic heterocycles. The molecule has 5 heteroatoms. The number of anilines is 2. The van der Waals surface area contributed by atoms with Crippen LogP contribution in [-0.4, -0.2) is 30.1 Å². The number of aromatic nitrogens is 2. The summed E-state index contributed by atoms with van der Waals surface area (Å²) in [5.41, 5.74) is 0. The number of nitrogens with one attached hydrogen (secondary N) is 1. The van der Waals surface area contributed by atoms with Crippen molar-refractivity contribution in [3.05, 3.63) is 12.0 Å². The average Bonchev–Trinajstić information content (AvgIpc) is 3.11. The molecule has 0 aromatic carbocycles. The molecule has 0 radical (unpaired) electrons. The zero-order valence-electron chi connectivity index (χ0n) is 10.4. The van der Waals surface area contributed by atoms with Gasteiger partial charge in [-0.15, -0.1) is 0 Å². The second-order valence-electron chi connectivity index (χ2n) is 4.62. The smallest absolute Gasteiger partial charge is 0.224 e. The lowest BCUT2D eigenvalue weighted by molar-refractivity contribution is 0.604. The van der Waals surface area contributed by atoms with Crippen LogP contribution in [0.3, 0.4) is 0 Å². The molecule has 94 valence electrons. The van der Waals surface area contributed by atoms with Crippen molar-refractivity contribution in [2.24, 2.45) is 5.92 Å². The van der Waals surface area contributed by atoms with Gasteiger partial charge in [-0.05, 0) is 25.2 Å². The van der Waals surface area contributed by atoms with Crippen LogP contribution in [0.5, 0.6) is 0 Å². The first-order valence-electron chi connectivity index (χ1n) is 6.18. The Bertz CT molecular complexity index is 379. The summed E-state index contributed by atoms with van der Waals surface area (Å²) in [5.74, 6) is 1.26. The quantitative estimate of drug-likeness (QED) is 0.825. The van der Waals surface area contributed by atoms with Gasteiger partial charge in [0, 0.05) is 20.1 Å². The van der Waals surface area contributed by atoms with Crippen molar-refractivity contribution in [1.29, 1.82) is 0 Å². The average molecular weight is 238 g/mol. The molecule has 1 aromatic heterocycles. The fourth-order valence-corrected chi connectivity index (χ4v) is 1.72. The molecule has 0 amide bonds. The summed E-state index contributed by atoms with van der Waals surface area (Å²) in [7, 11) is 1.88. The molecule has 17 heavy (non-hydrogen) atoms. The van der Waals surface area contributed by atoms with Crippen molar-refractivity contribution in [2.75, 3.05) is 30.4 Å². The summed E-state index contributed by atoms with van der Waals surface area (Å²) in [6.45, 7) is 3.75. The lowest BCUT2D eigenvalue weighted by Gasteiger charge is -2.18. The van der Waals surface area contributed by atoms with Gasteiger partial charge in [0.2, 0.25) is 5.95 Å². The summed E-state index contributed by atoms with van der Waals surface area (Å²) in [4.78, 5) is 10.0. The van der Waals surface area contributed by atoms with Gasteiger partial charge in [-0.3, -0.25) is 0 Å². The van der Waals surface area contributed by atoms with Crippen molar-refractivity contribution < 1.29 is 4.39 Å². The fourth-order valence-electron chi connectivity index (χ4n) is 1.72. The van der Waals surface area contributed by atoms with Crippen LogP contribution >= 0.6 is 0 Å². The summed E-state index contributed by atoms with van der Waals surface area (Å²) < 4.78 is 13.6. The summed E-state index contributed by atoms with van der Waals surface area (Å²) in [6.07, 6.45) is 4.73. The molecular weight excluding hydrogens is 219 g/mol. The largest absolute Gasteiger partial charge is 0.357 e. The van der Waals surface area contributed by atoms with E-state index in [1.165, 1.54) is 19.0 Å². The van der Waals surface area contributed by atoms with E-state index in [0.29, 0.717) is 17.7 Å². The summed E-state index contributed by atoms with van der Waals surface area (Å²) >= 11 is 0. The van der Waals surface area contributed by atoms with Gasteiger partial charge in [-0.1, -0.05) is 6.92 Å². The molecular formula is C12H19FN4. The Labute approximate surface area is 101 Å². The molecule has 1 N–H and O–H groups in total. The predicted molar refractivity (Wildman–Crippen MR) is 66.8 cm³/mol. The molecule has 4 nitrogen and oxygen atoms in total. The van der Waals surface area contributed by atoms with Crippen LogP contribution in [0.15, 0.2) is 6.20 Å². The number of nitrogens with zero attached hydrogens (tertiary/aromatic N) is 3. The van der Waals surface area contributed by atoms with Crippen LogP contribution in [0.4, 0.5) is 16.2 Å². The Morgan fingerprint density at radius 2 is 2.29 bits per heavy atom. The maximum absolute atomic E-state index is 13.6. The van der Waals surface area contributed by atoms with Crippen molar-refractivity contribution in [3.63, 3.8) is 0 Å². The SMILES string of the molecule is CCCNc1ncc(F)c(N(C)CC2CC2)n1. The van der Waals surface area contributed by atoms with E-state index in [9.17, 15) is 4.39 Å². The van der Waals surface area contributed by atoms with Gasteiger partial charge in [0.05, 0.1) is 6.20 Å². The van der Waals surface area contributed by atoms with Crippen LogP contribution in [0, 0.1) is 11.7 Å². The van der Waals surface area contributed by atoms with Crippen LogP contribution in [0.25, 0.3) is 0 Å². The second kappa shape index (κ2) is 5.29. The van der Waals surface area contributed by atoms with Crippen molar-refractivity contribution >= 4 is 11.8 Å². The van der Waals surface area contributed by atoms with Crippen molar-refractivity contribution in [2.45, 2.75) is 26.2 Å². The zero-order chi connectivity index (χ0) is 12.3. The van der Waals surface area contributed by atoms with Gasteiger partial charge in [0.25, 0.3) is 0 Å². The molecule has 1 saturated carbocycles. The summed E-state index contributed by atoms with van der Waals surface area (Å²) in [5, 5.41) is 3.07. The molecule has 1 aliphatic rings. The van der Waals surface area contributed by atoms with E-state index >= 15 is 0 Å². The maximum Gasteiger partial charge on any atom is 0.224 e.